The van der Waals surface area contributed by atoms with Crippen LogP contribution in [-0.4, -0.2) is 4.98 Å². The van der Waals surface area contributed by atoms with E-state index in [1.807, 2.05) is 18.2 Å². The summed E-state index contributed by atoms with van der Waals surface area (Å²) in [6.07, 6.45) is 0. The Bertz CT molecular complexity index is 549. The Morgan fingerprint density at radius 3 is 2.94 bits per heavy atom. The molecule has 1 aromatic carbocycles. The fraction of sp³-hybridized carbons (Fsp3) is 0.100. The molecule has 0 saturated heterocycles. The number of halogens is 1. The van der Waals surface area contributed by atoms with Gasteiger partial charge < -0.3 is 16.0 Å². The van der Waals surface area contributed by atoms with Crippen molar-refractivity contribution in [2.45, 2.75) is 6.54 Å². The molecule has 84 valence electrons. The van der Waals surface area contributed by atoms with Crippen LogP contribution in [0.3, 0.4) is 0 Å². The number of aromatic amines is 1. The highest BCUT2D eigenvalue weighted by Gasteiger charge is 2.01. The summed E-state index contributed by atoms with van der Waals surface area (Å²) in [7, 11) is 0. The molecule has 0 saturated carbocycles. The SMILES string of the molecule is Nc1ccc(NCc2csc(=O)[nH]2)c(Br)c1. The lowest BCUT2D eigenvalue weighted by atomic mass is 10.3. The zero-order valence-corrected chi connectivity index (χ0v) is 10.7. The number of H-pyrrole nitrogens is 1. The molecule has 0 aliphatic heterocycles. The monoisotopic (exact) mass is 299 g/mol. The molecule has 4 nitrogen and oxygen atoms in total. The summed E-state index contributed by atoms with van der Waals surface area (Å²) >= 11 is 4.58. The fourth-order valence-electron chi connectivity index (χ4n) is 1.27. The topological polar surface area (TPSA) is 70.9 Å². The van der Waals surface area contributed by atoms with E-state index in [1.54, 1.807) is 5.38 Å². The van der Waals surface area contributed by atoms with E-state index < -0.39 is 0 Å². The van der Waals surface area contributed by atoms with Crippen molar-refractivity contribution >= 4 is 38.6 Å². The van der Waals surface area contributed by atoms with E-state index in [2.05, 4.69) is 26.2 Å². The van der Waals surface area contributed by atoms with Gasteiger partial charge in [0.1, 0.15) is 0 Å². The van der Waals surface area contributed by atoms with E-state index >= 15 is 0 Å². The van der Waals surface area contributed by atoms with Crippen molar-refractivity contribution in [1.82, 2.24) is 4.98 Å². The lowest BCUT2D eigenvalue weighted by Crippen LogP contribution is -2.03. The average Bonchev–Trinajstić information content (AvgIpc) is 2.63. The summed E-state index contributed by atoms with van der Waals surface area (Å²) in [5.41, 5.74) is 8.16. The van der Waals surface area contributed by atoms with Crippen LogP contribution in [-0.2, 0) is 6.54 Å². The molecule has 2 rings (SSSR count). The molecule has 0 aliphatic rings. The lowest BCUT2D eigenvalue weighted by molar-refractivity contribution is 1.06. The molecule has 1 heterocycles. The van der Waals surface area contributed by atoms with Crippen LogP contribution in [0.1, 0.15) is 5.69 Å². The number of thiazole rings is 1. The van der Waals surface area contributed by atoms with Crippen molar-refractivity contribution in [3.8, 4) is 0 Å². The molecule has 0 radical (unpaired) electrons. The van der Waals surface area contributed by atoms with Crippen molar-refractivity contribution < 1.29 is 0 Å². The summed E-state index contributed by atoms with van der Waals surface area (Å²) in [6, 6.07) is 5.55. The molecule has 0 amide bonds. The quantitative estimate of drug-likeness (QED) is 0.762. The Kier molecular flexibility index (Phi) is 3.31. The van der Waals surface area contributed by atoms with Gasteiger partial charge in [0.05, 0.1) is 6.54 Å². The van der Waals surface area contributed by atoms with Gasteiger partial charge in [-0.05, 0) is 34.1 Å². The van der Waals surface area contributed by atoms with Gasteiger partial charge in [-0.15, -0.1) is 0 Å². The van der Waals surface area contributed by atoms with Crippen molar-refractivity contribution in [1.29, 1.82) is 0 Å². The Hall–Kier alpha value is -1.27. The second-order valence-electron chi connectivity index (χ2n) is 3.27. The van der Waals surface area contributed by atoms with Gasteiger partial charge in [-0.25, -0.2) is 0 Å². The third-order valence-electron chi connectivity index (χ3n) is 2.03. The number of benzene rings is 1. The van der Waals surface area contributed by atoms with E-state index in [9.17, 15) is 4.79 Å². The number of anilines is 2. The maximum atomic E-state index is 10.9. The number of hydrogen-bond acceptors (Lipinski definition) is 4. The number of nitrogens with two attached hydrogens (primary N) is 1. The highest BCUT2D eigenvalue weighted by atomic mass is 79.9. The van der Waals surface area contributed by atoms with Gasteiger partial charge in [-0.1, -0.05) is 11.3 Å². The van der Waals surface area contributed by atoms with Gasteiger partial charge in [0.2, 0.25) is 0 Å². The number of nitrogen functional groups attached to an aromatic ring is 1. The largest absolute Gasteiger partial charge is 0.399 e. The smallest absolute Gasteiger partial charge is 0.304 e. The van der Waals surface area contributed by atoms with E-state index in [0.29, 0.717) is 12.2 Å². The van der Waals surface area contributed by atoms with Crippen molar-refractivity contribution in [3.05, 3.63) is 43.4 Å². The number of aromatic nitrogens is 1. The first-order valence-corrected chi connectivity index (χ1v) is 6.28. The number of nitrogens with one attached hydrogen (secondary N) is 2. The van der Waals surface area contributed by atoms with Crippen LogP contribution in [0, 0.1) is 0 Å². The second-order valence-corrected chi connectivity index (χ2v) is 4.96. The molecule has 0 fully saturated rings. The van der Waals surface area contributed by atoms with Gasteiger partial charge in [-0.3, -0.25) is 4.79 Å². The summed E-state index contributed by atoms with van der Waals surface area (Å²) in [5.74, 6) is 0. The van der Waals surface area contributed by atoms with Gasteiger partial charge >= 0.3 is 4.87 Å². The van der Waals surface area contributed by atoms with Crippen LogP contribution in [0.25, 0.3) is 0 Å². The van der Waals surface area contributed by atoms with Crippen LogP contribution in [0.2, 0.25) is 0 Å². The van der Waals surface area contributed by atoms with Crippen LogP contribution in [0.4, 0.5) is 11.4 Å². The zero-order valence-electron chi connectivity index (χ0n) is 8.29. The van der Waals surface area contributed by atoms with Crippen LogP contribution < -0.4 is 15.9 Å². The normalized spacial score (nSPS) is 10.3. The minimum atomic E-state index is -0.0341. The van der Waals surface area contributed by atoms with E-state index in [1.165, 1.54) is 0 Å². The highest BCUT2D eigenvalue weighted by Crippen LogP contribution is 2.24. The first-order chi connectivity index (χ1) is 7.65. The molecule has 0 bridgehead atoms. The van der Waals surface area contributed by atoms with E-state index in [-0.39, 0.29) is 4.87 Å². The maximum Gasteiger partial charge on any atom is 0.304 e. The van der Waals surface area contributed by atoms with Crippen LogP contribution in [0.5, 0.6) is 0 Å². The molecule has 16 heavy (non-hydrogen) atoms. The Balaban J connectivity index is 2.07. The third kappa shape index (κ3) is 2.65. The summed E-state index contributed by atoms with van der Waals surface area (Å²) in [5, 5.41) is 5.01. The minimum Gasteiger partial charge on any atom is -0.399 e. The Morgan fingerprint density at radius 2 is 2.31 bits per heavy atom. The maximum absolute atomic E-state index is 10.9. The van der Waals surface area contributed by atoms with Crippen LogP contribution >= 0.6 is 27.3 Å². The molecular weight excluding hydrogens is 290 g/mol. The van der Waals surface area contributed by atoms with Gasteiger partial charge in [0.15, 0.2) is 0 Å². The van der Waals surface area contributed by atoms with Gasteiger partial charge in [0.25, 0.3) is 0 Å². The number of rotatable bonds is 3. The standard InChI is InChI=1S/C10H10BrN3OS/c11-8-3-6(12)1-2-9(8)13-4-7-5-16-10(15)14-7/h1-3,5,13H,4,12H2,(H,14,15). The predicted octanol–water partition coefficient (Wildman–Crippen LogP) is 2.39. The number of hydrogen-bond donors (Lipinski definition) is 3. The van der Waals surface area contributed by atoms with Gasteiger partial charge in [-0.2, -0.15) is 0 Å². The molecule has 0 spiro atoms. The molecule has 6 heteroatoms. The molecule has 0 aliphatic carbocycles. The van der Waals surface area contributed by atoms with Crippen molar-refractivity contribution in [2.24, 2.45) is 0 Å². The Labute approximate surface area is 105 Å². The average molecular weight is 300 g/mol. The van der Waals surface area contributed by atoms with Crippen molar-refractivity contribution in [2.75, 3.05) is 11.1 Å². The summed E-state index contributed by atoms with van der Waals surface area (Å²) < 4.78 is 0.907. The first kappa shape index (κ1) is 11.2. The molecule has 0 unspecified atom stereocenters. The second kappa shape index (κ2) is 4.71. The third-order valence-corrected chi connectivity index (χ3v) is 3.41. The van der Waals surface area contributed by atoms with Crippen LogP contribution in [0.15, 0.2) is 32.8 Å². The summed E-state index contributed by atoms with van der Waals surface area (Å²) in [6.45, 7) is 0.585. The summed E-state index contributed by atoms with van der Waals surface area (Å²) in [4.78, 5) is 13.6. The zero-order chi connectivity index (χ0) is 11.5. The molecule has 0 atom stereocenters. The minimum absolute atomic E-state index is 0.0341. The molecule has 1 aromatic heterocycles. The molecular formula is C10H10BrN3OS. The molecule has 2 aromatic rings. The van der Waals surface area contributed by atoms with Crippen molar-refractivity contribution in [3.63, 3.8) is 0 Å². The molecule has 4 N–H and O–H groups in total. The fourth-order valence-corrected chi connectivity index (χ4v) is 2.38. The Morgan fingerprint density at radius 1 is 1.50 bits per heavy atom. The van der Waals surface area contributed by atoms with E-state index in [4.69, 9.17) is 5.73 Å². The lowest BCUT2D eigenvalue weighted by Gasteiger charge is -2.07. The highest BCUT2D eigenvalue weighted by molar-refractivity contribution is 9.10. The predicted molar refractivity (Wildman–Crippen MR) is 70.8 cm³/mol. The van der Waals surface area contributed by atoms with Gasteiger partial charge in [0, 0.05) is 26.9 Å². The first-order valence-electron chi connectivity index (χ1n) is 4.61. The van der Waals surface area contributed by atoms with E-state index in [0.717, 1.165) is 27.2 Å².